The van der Waals surface area contributed by atoms with E-state index in [2.05, 4.69) is 0 Å². The van der Waals surface area contributed by atoms with E-state index in [4.69, 9.17) is 6.85 Å². The summed E-state index contributed by atoms with van der Waals surface area (Å²) in [7, 11) is 0. The molecule has 58 valence electrons. The smallest absolute Gasteiger partial charge is 0.0614 e. The Labute approximate surface area is 78.9 Å². The van der Waals surface area contributed by atoms with Gasteiger partial charge in [-0.2, -0.15) is 0 Å². The van der Waals surface area contributed by atoms with E-state index in [9.17, 15) is 0 Å². The maximum atomic E-state index is 7.96. The van der Waals surface area contributed by atoms with Crippen molar-refractivity contribution < 1.29 is 6.85 Å². The van der Waals surface area contributed by atoms with E-state index in [1.807, 2.05) is 0 Å². The van der Waals surface area contributed by atoms with Gasteiger partial charge < -0.3 is 0 Å². The van der Waals surface area contributed by atoms with E-state index in [0.717, 1.165) is 10.9 Å². The first kappa shape index (κ1) is 3.21. The fourth-order valence-electron chi connectivity index (χ4n) is 1.71. The van der Waals surface area contributed by atoms with Crippen molar-refractivity contribution in [3.05, 3.63) is 47.4 Å². The lowest BCUT2D eigenvalue weighted by molar-refractivity contribution is 1.02. The third-order valence-corrected chi connectivity index (χ3v) is 2.27. The Morgan fingerprint density at radius 1 is 1.17 bits per heavy atom. The van der Waals surface area contributed by atoms with Gasteiger partial charge in [0.1, 0.15) is 0 Å². The van der Waals surface area contributed by atoms with Crippen molar-refractivity contribution in [3.63, 3.8) is 0 Å². The Morgan fingerprint density at radius 2 is 2.17 bits per heavy atom. The molecule has 0 amide bonds. The normalized spacial score (nSPS) is 26.0. The van der Waals surface area contributed by atoms with E-state index in [1.165, 1.54) is 0 Å². The first-order valence-corrected chi connectivity index (χ1v) is 3.96. The van der Waals surface area contributed by atoms with Gasteiger partial charge in [0, 0.05) is 1.37 Å². The summed E-state index contributed by atoms with van der Waals surface area (Å²) in [5, 5.41) is 1.30. The summed E-state index contributed by atoms with van der Waals surface area (Å²) in [6.07, 6.45) is -0.0562. The van der Waals surface area contributed by atoms with Gasteiger partial charge in [0.15, 0.2) is 0 Å². The maximum Gasteiger partial charge on any atom is 0.0629 e. The molecular formula is C12H10. The quantitative estimate of drug-likeness (QED) is 0.554. The molecule has 2 aromatic carbocycles. The molecule has 0 heteroatoms. The SMILES string of the molecule is [2H]c1cc2c3c(c([2H])c([2H])c([2H])c3c1)C([2H])C2. The highest BCUT2D eigenvalue weighted by molar-refractivity contribution is 5.90. The van der Waals surface area contributed by atoms with Gasteiger partial charge in [-0.05, 0) is 34.7 Å². The average Bonchev–Trinajstić information content (AvgIpc) is 2.59. The summed E-state index contributed by atoms with van der Waals surface area (Å²) < 4.78 is 39.1. The summed E-state index contributed by atoms with van der Waals surface area (Å²) in [5.74, 6) is 0. The van der Waals surface area contributed by atoms with Crippen LogP contribution in [0.5, 0.6) is 0 Å². The molecule has 1 aliphatic rings. The minimum absolute atomic E-state index is 0.000944. The highest BCUT2D eigenvalue weighted by Gasteiger charge is 2.11. The van der Waals surface area contributed by atoms with Crippen LogP contribution in [0.15, 0.2) is 36.3 Å². The standard InChI is InChI=1S/C12H10/c1-3-9-4-2-6-11-8-7-10(5-1)12(9)11/h1-6H,7-8H2/i1D,2D,3D,5D,7D. The molecule has 1 aliphatic carbocycles. The second-order valence-electron chi connectivity index (χ2n) is 2.97. The van der Waals surface area contributed by atoms with Crippen LogP contribution in [0, 0.1) is 0 Å². The number of aryl methyl sites for hydroxylation is 2. The minimum atomic E-state index is -0.536. The second kappa shape index (κ2) is 2.10. The van der Waals surface area contributed by atoms with Crippen molar-refractivity contribution in [2.24, 2.45) is 0 Å². The molecular weight excluding hydrogens is 144 g/mol. The van der Waals surface area contributed by atoms with Crippen LogP contribution in [0.25, 0.3) is 10.8 Å². The maximum absolute atomic E-state index is 7.96. The fourth-order valence-corrected chi connectivity index (χ4v) is 1.71. The molecule has 1 atom stereocenters. The van der Waals surface area contributed by atoms with E-state index in [-0.39, 0.29) is 18.1 Å². The van der Waals surface area contributed by atoms with Crippen molar-refractivity contribution in [1.82, 2.24) is 0 Å². The molecule has 0 spiro atoms. The number of hydrogen-bond donors (Lipinski definition) is 0. The first-order chi connectivity index (χ1) is 8.00. The molecule has 0 heterocycles. The summed E-state index contributed by atoms with van der Waals surface area (Å²) >= 11 is 0. The number of hydrogen-bond acceptors (Lipinski definition) is 0. The third-order valence-electron chi connectivity index (χ3n) is 2.27. The molecule has 0 fully saturated rings. The molecule has 0 nitrogen and oxygen atoms in total. The van der Waals surface area contributed by atoms with E-state index < -0.39 is 6.40 Å². The molecule has 0 saturated heterocycles. The van der Waals surface area contributed by atoms with Crippen LogP contribution < -0.4 is 0 Å². The Bertz CT molecular complexity index is 647. The summed E-state index contributed by atoms with van der Waals surface area (Å²) in [6, 6.07) is 3.42. The molecule has 0 saturated carbocycles. The molecule has 0 aliphatic heterocycles. The zero-order valence-electron chi connectivity index (χ0n) is 11.4. The molecule has 1 unspecified atom stereocenters. The number of rotatable bonds is 0. The van der Waals surface area contributed by atoms with Crippen molar-refractivity contribution in [2.45, 2.75) is 12.8 Å². The highest BCUT2D eigenvalue weighted by atomic mass is 14.2. The monoisotopic (exact) mass is 159 g/mol. The Morgan fingerprint density at radius 3 is 3.17 bits per heavy atom. The van der Waals surface area contributed by atoms with Crippen LogP contribution in [-0.4, -0.2) is 0 Å². The third kappa shape index (κ3) is 0.672. The Hall–Kier alpha value is -1.30. The molecule has 2 aromatic rings. The summed E-state index contributed by atoms with van der Waals surface area (Å²) in [5.41, 5.74) is 1.42. The van der Waals surface area contributed by atoms with Gasteiger partial charge in [0.05, 0.1) is 5.48 Å². The Kier molecular flexibility index (Phi) is 0.562. The average molecular weight is 159 g/mol. The topological polar surface area (TPSA) is 0 Å². The summed E-state index contributed by atoms with van der Waals surface area (Å²) in [6.45, 7) is 0. The minimum Gasteiger partial charge on any atom is -0.0614 e. The lowest BCUT2D eigenvalue weighted by Crippen LogP contribution is -1.76. The van der Waals surface area contributed by atoms with Gasteiger partial charge in [0.25, 0.3) is 0 Å². The van der Waals surface area contributed by atoms with Crippen LogP contribution in [0.1, 0.15) is 18.0 Å². The van der Waals surface area contributed by atoms with Crippen LogP contribution in [0.2, 0.25) is 0 Å². The first-order valence-electron chi connectivity index (χ1n) is 6.53. The number of benzene rings is 2. The van der Waals surface area contributed by atoms with Gasteiger partial charge in [-0.1, -0.05) is 36.3 Å². The van der Waals surface area contributed by atoms with Crippen molar-refractivity contribution in [1.29, 1.82) is 0 Å². The lowest BCUT2D eigenvalue weighted by Gasteiger charge is -1.99. The van der Waals surface area contributed by atoms with Gasteiger partial charge >= 0.3 is 0 Å². The zero-order chi connectivity index (χ0) is 12.3. The second-order valence-corrected chi connectivity index (χ2v) is 2.97. The van der Waals surface area contributed by atoms with E-state index in [1.54, 1.807) is 12.1 Å². The molecule has 0 N–H and O–H groups in total. The largest absolute Gasteiger partial charge is 0.0629 e. The molecule has 0 aromatic heterocycles. The van der Waals surface area contributed by atoms with Crippen LogP contribution >= 0.6 is 0 Å². The van der Waals surface area contributed by atoms with Crippen LogP contribution in [-0.2, 0) is 12.8 Å². The molecule has 0 bridgehead atoms. The van der Waals surface area contributed by atoms with Gasteiger partial charge in [-0.25, -0.2) is 0 Å². The van der Waals surface area contributed by atoms with E-state index >= 15 is 0 Å². The van der Waals surface area contributed by atoms with Gasteiger partial charge in [0.2, 0.25) is 0 Å². The predicted molar refractivity (Wildman–Crippen MR) is 51.4 cm³/mol. The molecule has 12 heavy (non-hydrogen) atoms. The van der Waals surface area contributed by atoms with Crippen molar-refractivity contribution in [2.75, 3.05) is 0 Å². The van der Waals surface area contributed by atoms with Crippen molar-refractivity contribution >= 4 is 10.8 Å². The van der Waals surface area contributed by atoms with Crippen molar-refractivity contribution in [3.8, 4) is 0 Å². The van der Waals surface area contributed by atoms with Crippen LogP contribution in [0.4, 0.5) is 0 Å². The fraction of sp³-hybridized carbons (Fsp3) is 0.167. The summed E-state index contributed by atoms with van der Waals surface area (Å²) in [4.78, 5) is 0. The van der Waals surface area contributed by atoms with Gasteiger partial charge in [-0.15, -0.1) is 0 Å². The molecule has 3 rings (SSSR count). The van der Waals surface area contributed by atoms with Gasteiger partial charge in [-0.3, -0.25) is 0 Å². The Balaban J connectivity index is 2.58. The predicted octanol–water partition coefficient (Wildman–Crippen LogP) is 2.94. The lowest BCUT2D eigenvalue weighted by atomic mass is 10.1. The molecule has 0 radical (unpaired) electrons. The highest BCUT2D eigenvalue weighted by Crippen LogP contribution is 2.29. The van der Waals surface area contributed by atoms with E-state index in [0.29, 0.717) is 23.4 Å². The zero-order valence-corrected chi connectivity index (χ0v) is 6.44. The van der Waals surface area contributed by atoms with Crippen LogP contribution in [0.3, 0.4) is 0 Å².